The molecule has 2 rings (SSSR count). The first-order chi connectivity index (χ1) is 8.90. The lowest BCUT2D eigenvalue weighted by Gasteiger charge is -2.19. The molecule has 4 heteroatoms. The zero-order valence-corrected chi connectivity index (χ0v) is 11.9. The Labute approximate surface area is 114 Å². The quantitative estimate of drug-likeness (QED) is 0.640. The summed E-state index contributed by atoms with van der Waals surface area (Å²) in [5.74, 6) is 5.81. The lowest BCUT2D eigenvalue weighted by atomic mass is 9.86. The number of hydrogen-bond donors (Lipinski definition) is 2. The summed E-state index contributed by atoms with van der Waals surface area (Å²) in [6.07, 6.45) is 0. The van der Waals surface area contributed by atoms with E-state index in [4.69, 9.17) is 5.84 Å². The molecule has 2 aromatic rings. The Bertz CT molecular complexity index is 568. The molecule has 0 fully saturated rings. The number of nitrogen functional groups attached to an aromatic ring is 1. The monoisotopic (exact) mass is 256 g/mol. The normalized spacial score (nSPS) is 11.4. The molecule has 0 aliphatic carbocycles. The van der Waals surface area contributed by atoms with Gasteiger partial charge in [-0.2, -0.15) is 0 Å². The zero-order valence-electron chi connectivity index (χ0n) is 11.9. The first-order valence-corrected chi connectivity index (χ1v) is 6.33. The fourth-order valence-electron chi connectivity index (χ4n) is 1.92. The number of hydrogen-bond acceptors (Lipinski definition) is 4. The molecule has 0 aliphatic rings. The SMILES string of the molecule is Cc1cc(-c2ccc(C(C)(C)C)cc2)nc(NN)n1. The third-order valence-electron chi connectivity index (χ3n) is 3.03. The van der Waals surface area contributed by atoms with Crippen LogP contribution in [0.15, 0.2) is 30.3 Å². The van der Waals surface area contributed by atoms with Gasteiger partial charge in [-0.1, -0.05) is 45.0 Å². The summed E-state index contributed by atoms with van der Waals surface area (Å²) < 4.78 is 0. The Morgan fingerprint density at radius 2 is 1.68 bits per heavy atom. The van der Waals surface area contributed by atoms with E-state index in [9.17, 15) is 0 Å². The van der Waals surface area contributed by atoms with Gasteiger partial charge in [0.15, 0.2) is 0 Å². The van der Waals surface area contributed by atoms with Gasteiger partial charge in [-0.05, 0) is 24.0 Å². The van der Waals surface area contributed by atoms with E-state index in [1.165, 1.54) is 5.56 Å². The summed E-state index contributed by atoms with van der Waals surface area (Å²) in [6.45, 7) is 8.53. The van der Waals surface area contributed by atoms with Crippen LogP contribution >= 0.6 is 0 Å². The molecule has 0 aliphatic heterocycles. The minimum atomic E-state index is 0.157. The standard InChI is InChI=1S/C15H20N4/c1-10-9-13(18-14(17-10)19-16)11-5-7-12(8-6-11)15(2,3)4/h5-9H,16H2,1-4H3,(H,17,18,19). The molecule has 19 heavy (non-hydrogen) atoms. The van der Waals surface area contributed by atoms with Crippen molar-refractivity contribution in [3.05, 3.63) is 41.6 Å². The number of benzene rings is 1. The van der Waals surface area contributed by atoms with Crippen LogP contribution in [0, 0.1) is 6.92 Å². The lowest BCUT2D eigenvalue weighted by Crippen LogP contribution is -2.12. The van der Waals surface area contributed by atoms with E-state index in [2.05, 4.69) is 60.4 Å². The lowest BCUT2D eigenvalue weighted by molar-refractivity contribution is 0.590. The Balaban J connectivity index is 2.40. The van der Waals surface area contributed by atoms with Crippen LogP contribution in [0.4, 0.5) is 5.95 Å². The van der Waals surface area contributed by atoms with Crippen LogP contribution in [0.1, 0.15) is 32.0 Å². The van der Waals surface area contributed by atoms with Gasteiger partial charge in [-0.3, -0.25) is 5.43 Å². The van der Waals surface area contributed by atoms with Crippen LogP contribution in [0.3, 0.4) is 0 Å². The highest BCUT2D eigenvalue weighted by Gasteiger charge is 2.13. The van der Waals surface area contributed by atoms with Crippen LogP contribution in [-0.4, -0.2) is 9.97 Å². The molecule has 0 saturated carbocycles. The number of rotatable bonds is 2. The molecular formula is C15H20N4. The number of nitrogens with one attached hydrogen (secondary N) is 1. The van der Waals surface area contributed by atoms with E-state index in [1.807, 2.05) is 13.0 Å². The second-order valence-corrected chi connectivity index (χ2v) is 5.69. The van der Waals surface area contributed by atoms with E-state index in [-0.39, 0.29) is 5.41 Å². The molecule has 0 unspecified atom stereocenters. The van der Waals surface area contributed by atoms with Crippen molar-refractivity contribution in [2.45, 2.75) is 33.1 Å². The molecule has 0 bridgehead atoms. The van der Waals surface area contributed by atoms with Gasteiger partial charge in [-0.25, -0.2) is 15.8 Å². The van der Waals surface area contributed by atoms with Gasteiger partial charge < -0.3 is 0 Å². The second kappa shape index (κ2) is 4.97. The number of aromatic nitrogens is 2. The van der Waals surface area contributed by atoms with E-state index in [0.29, 0.717) is 5.95 Å². The van der Waals surface area contributed by atoms with Gasteiger partial charge in [0.1, 0.15) is 0 Å². The molecule has 0 atom stereocenters. The summed E-state index contributed by atoms with van der Waals surface area (Å²) >= 11 is 0. The van der Waals surface area contributed by atoms with Gasteiger partial charge in [-0.15, -0.1) is 0 Å². The van der Waals surface area contributed by atoms with Crippen LogP contribution in [0.2, 0.25) is 0 Å². The molecular weight excluding hydrogens is 236 g/mol. The van der Waals surface area contributed by atoms with Crippen molar-refractivity contribution in [2.24, 2.45) is 5.84 Å². The molecule has 1 aromatic heterocycles. The zero-order chi connectivity index (χ0) is 14.0. The average molecular weight is 256 g/mol. The van der Waals surface area contributed by atoms with E-state index in [1.54, 1.807) is 0 Å². The predicted octanol–water partition coefficient (Wildman–Crippen LogP) is 3.04. The molecule has 3 N–H and O–H groups in total. The molecule has 0 radical (unpaired) electrons. The molecule has 1 aromatic carbocycles. The molecule has 0 amide bonds. The Kier molecular flexibility index (Phi) is 3.53. The molecule has 0 spiro atoms. The maximum absolute atomic E-state index is 5.37. The summed E-state index contributed by atoms with van der Waals surface area (Å²) in [7, 11) is 0. The number of hydrazine groups is 1. The first-order valence-electron chi connectivity index (χ1n) is 6.33. The summed E-state index contributed by atoms with van der Waals surface area (Å²) in [6, 6.07) is 10.4. The van der Waals surface area contributed by atoms with Crippen LogP contribution < -0.4 is 11.3 Å². The first kappa shape index (κ1) is 13.5. The smallest absolute Gasteiger partial charge is 0.237 e. The van der Waals surface area contributed by atoms with Crippen molar-refractivity contribution >= 4 is 5.95 Å². The highest BCUT2D eigenvalue weighted by molar-refractivity contribution is 5.61. The predicted molar refractivity (Wildman–Crippen MR) is 78.7 cm³/mol. The molecule has 100 valence electrons. The maximum atomic E-state index is 5.37. The summed E-state index contributed by atoms with van der Waals surface area (Å²) in [5, 5.41) is 0. The van der Waals surface area contributed by atoms with Gasteiger partial charge in [0.05, 0.1) is 5.69 Å². The van der Waals surface area contributed by atoms with E-state index < -0.39 is 0 Å². The highest BCUT2D eigenvalue weighted by Crippen LogP contribution is 2.25. The largest absolute Gasteiger partial charge is 0.292 e. The van der Waals surface area contributed by atoms with Gasteiger partial charge in [0.2, 0.25) is 5.95 Å². The fraction of sp³-hybridized carbons (Fsp3) is 0.333. The topological polar surface area (TPSA) is 63.8 Å². The van der Waals surface area contributed by atoms with Crippen LogP contribution in [0.5, 0.6) is 0 Å². The number of nitrogens with two attached hydrogens (primary N) is 1. The van der Waals surface area contributed by atoms with Gasteiger partial charge in [0.25, 0.3) is 0 Å². The van der Waals surface area contributed by atoms with Gasteiger partial charge in [0, 0.05) is 11.3 Å². The van der Waals surface area contributed by atoms with Gasteiger partial charge >= 0.3 is 0 Å². The van der Waals surface area contributed by atoms with Crippen molar-refractivity contribution in [1.29, 1.82) is 0 Å². The van der Waals surface area contributed by atoms with Crippen molar-refractivity contribution < 1.29 is 0 Å². The molecule has 1 heterocycles. The number of anilines is 1. The van der Waals surface area contributed by atoms with Crippen molar-refractivity contribution in [1.82, 2.24) is 9.97 Å². The third kappa shape index (κ3) is 3.09. The van der Waals surface area contributed by atoms with Crippen LogP contribution in [-0.2, 0) is 5.41 Å². The van der Waals surface area contributed by atoms with E-state index in [0.717, 1.165) is 17.0 Å². The molecule has 4 nitrogen and oxygen atoms in total. The third-order valence-corrected chi connectivity index (χ3v) is 3.03. The minimum absolute atomic E-state index is 0.157. The molecule has 0 saturated heterocycles. The van der Waals surface area contributed by atoms with Crippen molar-refractivity contribution in [3.8, 4) is 11.3 Å². The maximum Gasteiger partial charge on any atom is 0.237 e. The van der Waals surface area contributed by atoms with Crippen LogP contribution in [0.25, 0.3) is 11.3 Å². The van der Waals surface area contributed by atoms with E-state index >= 15 is 0 Å². The number of nitrogens with zero attached hydrogens (tertiary/aromatic N) is 2. The summed E-state index contributed by atoms with van der Waals surface area (Å²) in [5.41, 5.74) is 6.78. The van der Waals surface area contributed by atoms with Crippen molar-refractivity contribution in [2.75, 3.05) is 5.43 Å². The van der Waals surface area contributed by atoms with Crippen molar-refractivity contribution in [3.63, 3.8) is 0 Å². The second-order valence-electron chi connectivity index (χ2n) is 5.69. The highest BCUT2D eigenvalue weighted by atomic mass is 15.3. The summed E-state index contributed by atoms with van der Waals surface area (Å²) in [4.78, 5) is 8.55. The Hall–Kier alpha value is -1.94. The minimum Gasteiger partial charge on any atom is -0.292 e. The average Bonchev–Trinajstić information content (AvgIpc) is 2.37. The Morgan fingerprint density at radius 1 is 1.05 bits per heavy atom. The Morgan fingerprint density at radius 3 is 2.21 bits per heavy atom. The number of aryl methyl sites for hydroxylation is 1. The fourth-order valence-corrected chi connectivity index (χ4v) is 1.92.